The molecule has 0 radical (unpaired) electrons. The number of benzene rings is 1. The molecule has 0 aromatic heterocycles. The van der Waals surface area contributed by atoms with E-state index in [0.29, 0.717) is 6.61 Å². The largest absolute Gasteiger partial charge is 0.465 e. The van der Waals surface area contributed by atoms with E-state index in [-0.39, 0.29) is 24.1 Å². The summed E-state index contributed by atoms with van der Waals surface area (Å²) in [5, 5.41) is 0.746. The van der Waals surface area contributed by atoms with Crippen molar-refractivity contribution in [2.24, 2.45) is 4.99 Å². The van der Waals surface area contributed by atoms with Gasteiger partial charge in [0.2, 0.25) is 0 Å². The Morgan fingerprint density at radius 2 is 2.03 bits per heavy atom. The van der Waals surface area contributed by atoms with Crippen molar-refractivity contribution in [2.75, 3.05) is 24.4 Å². The van der Waals surface area contributed by atoms with Crippen LogP contribution in [0.2, 0.25) is 0 Å². The first-order valence-corrected chi connectivity index (χ1v) is 13.7. The Labute approximate surface area is 207 Å². The number of isothiocyanates is 1. The standard InChI is InChI=1S/C11H14O.C6H12O2S2.C4H7NO3S2/c1-8-5-4-6-11(10(8)3)9(2)7-12;1-10-4-2-3-8-6(7)5-9;1-2-4(5-3-9)10(6,7)8/h4-7,9H,1-3H3;9H,2-5H2,1H3;4H,2H2,1H3,(H,6,7,8). The molecule has 1 N–H and O–H groups in total. The normalized spacial score (nSPS) is 12.0. The first-order valence-electron chi connectivity index (χ1n) is 9.80. The molecule has 1 rings (SSSR count). The summed E-state index contributed by atoms with van der Waals surface area (Å²) in [7, 11) is -4.07. The van der Waals surface area contributed by atoms with Crippen LogP contribution in [0.1, 0.15) is 49.3 Å². The first kappa shape index (κ1) is 32.9. The van der Waals surface area contributed by atoms with Crippen LogP contribution in [-0.2, 0) is 24.4 Å². The number of aliphatic imine (C=N–C) groups is 1. The Kier molecular flexibility index (Phi) is 19.8. The van der Waals surface area contributed by atoms with Crippen LogP contribution in [0.4, 0.5) is 0 Å². The molecule has 7 nitrogen and oxygen atoms in total. The molecule has 182 valence electrons. The minimum atomic E-state index is -4.07. The monoisotopic (exact) mass is 523 g/mol. The Morgan fingerprint density at radius 3 is 2.44 bits per heavy atom. The van der Waals surface area contributed by atoms with Crippen molar-refractivity contribution in [3.63, 3.8) is 0 Å². The average molecular weight is 524 g/mol. The molecular weight excluding hydrogens is 491 g/mol. The summed E-state index contributed by atoms with van der Waals surface area (Å²) in [4.78, 5) is 24.3. The fourth-order valence-electron chi connectivity index (χ4n) is 2.20. The minimum Gasteiger partial charge on any atom is -0.465 e. The molecule has 1 aromatic carbocycles. The van der Waals surface area contributed by atoms with Gasteiger partial charge in [-0.1, -0.05) is 32.0 Å². The second-order valence-corrected chi connectivity index (χ2v) is 9.60. The van der Waals surface area contributed by atoms with Crippen molar-refractivity contribution >= 4 is 64.1 Å². The average Bonchev–Trinajstić information content (AvgIpc) is 2.76. The molecule has 1 aromatic rings. The number of esters is 1. The van der Waals surface area contributed by atoms with E-state index in [1.807, 2.05) is 30.5 Å². The molecule has 0 aliphatic carbocycles. The van der Waals surface area contributed by atoms with Crippen LogP contribution in [0.3, 0.4) is 0 Å². The van der Waals surface area contributed by atoms with E-state index in [2.05, 4.69) is 49.8 Å². The predicted octanol–water partition coefficient (Wildman–Crippen LogP) is 4.53. The number of nitrogens with zero attached hydrogens (tertiary/aromatic N) is 1. The summed E-state index contributed by atoms with van der Waals surface area (Å²) in [5.74, 6) is 1.01. The number of rotatable bonds is 10. The van der Waals surface area contributed by atoms with Gasteiger partial charge in [-0.25, -0.2) is 4.99 Å². The van der Waals surface area contributed by atoms with Crippen molar-refractivity contribution in [1.82, 2.24) is 0 Å². The summed E-state index contributed by atoms with van der Waals surface area (Å²) < 4.78 is 33.8. The second-order valence-electron chi connectivity index (χ2n) is 6.54. The molecule has 0 saturated carbocycles. The number of thiol groups is 1. The summed E-state index contributed by atoms with van der Waals surface area (Å²) in [6.07, 6.45) is 4.14. The minimum absolute atomic E-state index is 0.0184. The molecule has 11 heteroatoms. The van der Waals surface area contributed by atoms with Gasteiger partial charge in [0.1, 0.15) is 6.29 Å². The number of carbonyl (C=O) groups is 2. The van der Waals surface area contributed by atoms with Gasteiger partial charge in [0.25, 0.3) is 10.1 Å². The van der Waals surface area contributed by atoms with Gasteiger partial charge >= 0.3 is 5.97 Å². The maximum Gasteiger partial charge on any atom is 0.315 e. The zero-order valence-corrected chi connectivity index (χ0v) is 22.5. The second kappa shape index (κ2) is 19.3. The van der Waals surface area contributed by atoms with E-state index in [1.165, 1.54) is 11.1 Å². The van der Waals surface area contributed by atoms with Crippen molar-refractivity contribution in [3.8, 4) is 0 Å². The highest BCUT2D eigenvalue weighted by Gasteiger charge is 2.18. The van der Waals surface area contributed by atoms with Crippen molar-refractivity contribution in [3.05, 3.63) is 34.9 Å². The quantitative estimate of drug-likeness (QED) is 0.0875. The molecule has 0 heterocycles. The molecule has 0 saturated heterocycles. The summed E-state index contributed by atoms with van der Waals surface area (Å²) in [6, 6.07) is 6.08. The number of hydrogen-bond acceptors (Lipinski definition) is 9. The van der Waals surface area contributed by atoms with E-state index < -0.39 is 15.5 Å². The van der Waals surface area contributed by atoms with Gasteiger partial charge in [-0.3, -0.25) is 9.35 Å². The van der Waals surface area contributed by atoms with Crippen LogP contribution in [-0.4, -0.2) is 60.1 Å². The Hall–Kier alpha value is -1.23. The lowest BCUT2D eigenvalue weighted by Gasteiger charge is -2.10. The van der Waals surface area contributed by atoms with Crippen LogP contribution in [0.5, 0.6) is 0 Å². The molecule has 0 fully saturated rings. The van der Waals surface area contributed by atoms with Gasteiger partial charge in [-0.05, 0) is 67.6 Å². The third-order valence-corrected chi connectivity index (χ3v) is 6.30. The lowest BCUT2D eigenvalue weighted by Crippen LogP contribution is -2.16. The van der Waals surface area contributed by atoms with Crippen molar-refractivity contribution in [1.29, 1.82) is 0 Å². The van der Waals surface area contributed by atoms with Gasteiger partial charge in [-0.15, -0.1) is 0 Å². The van der Waals surface area contributed by atoms with E-state index >= 15 is 0 Å². The third kappa shape index (κ3) is 15.6. The van der Waals surface area contributed by atoms with E-state index in [4.69, 9.17) is 9.29 Å². The number of thioether (sulfide) groups is 1. The van der Waals surface area contributed by atoms with Gasteiger partial charge in [-0.2, -0.15) is 32.8 Å². The van der Waals surface area contributed by atoms with E-state index in [0.717, 1.165) is 24.0 Å². The topological polar surface area (TPSA) is 110 Å². The molecular formula is C21H33NO6S4. The number of aldehydes is 1. The van der Waals surface area contributed by atoms with Crippen LogP contribution in [0.25, 0.3) is 0 Å². The Morgan fingerprint density at radius 1 is 1.41 bits per heavy atom. The van der Waals surface area contributed by atoms with Crippen molar-refractivity contribution in [2.45, 2.75) is 51.8 Å². The highest BCUT2D eigenvalue weighted by Crippen LogP contribution is 2.19. The zero-order chi connectivity index (χ0) is 25.2. The highest BCUT2D eigenvalue weighted by molar-refractivity contribution is 7.98. The first-order chi connectivity index (χ1) is 15.0. The van der Waals surface area contributed by atoms with Crippen LogP contribution in [0.15, 0.2) is 23.2 Å². The van der Waals surface area contributed by atoms with Gasteiger partial charge in [0.15, 0.2) is 5.37 Å². The number of hydrogen-bond donors (Lipinski definition) is 2. The van der Waals surface area contributed by atoms with Crippen LogP contribution >= 0.6 is 36.6 Å². The summed E-state index contributed by atoms with van der Waals surface area (Å²) >= 11 is 9.68. The van der Waals surface area contributed by atoms with Gasteiger partial charge < -0.3 is 9.53 Å². The maximum atomic E-state index is 10.6. The summed E-state index contributed by atoms with van der Waals surface area (Å²) in [6.45, 7) is 8.16. The molecule has 0 aliphatic rings. The fourth-order valence-corrected chi connectivity index (χ4v) is 3.50. The lowest BCUT2D eigenvalue weighted by molar-refractivity contribution is -0.140. The molecule has 0 aliphatic heterocycles. The van der Waals surface area contributed by atoms with E-state index in [9.17, 15) is 18.0 Å². The van der Waals surface area contributed by atoms with Crippen LogP contribution < -0.4 is 0 Å². The maximum absolute atomic E-state index is 10.6. The Balaban J connectivity index is 0. The smallest absolute Gasteiger partial charge is 0.315 e. The molecule has 2 unspecified atom stereocenters. The molecule has 0 bridgehead atoms. The number of ether oxygens (including phenoxy) is 1. The molecule has 0 spiro atoms. The van der Waals surface area contributed by atoms with Gasteiger partial charge in [0, 0.05) is 5.92 Å². The summed E-state index contributed by atoms with van der Waals surface area (Å²) in [5.41, 5.74) is 3.63. The SMILES string of the molecule is CCC(N=C=S)S(=O)(=O)O.CSCCCOC(=O)CS.Cc1cccc(C(C)C=O)c1C. The third-order valence-electron chi connectivity index (χ3n) is 4.12. The molecule has 32 heavy (non-hydrogen) atoms. The fraction of sp³-hybridized carbons (Fsp3) is 0.571. The number of carbonyl (C=O) groups excluding carboxylic acids is 2. The van der Waals surface area contributed by atoms with Crippen molar-refractivity contribution < 1.29 is 27.3 Å². The highest BCUT2D eigenvalue weighted by atomic mass is 32.2. The van der Waals surface area contributed by atoms with E-state index in [1.54, 1.807) is 18.7 Å². The number of thiocarbonyl (C=S) groups is 1. The molecule has 2 atom stereocenters. The number of aryl methyl sites for hydroxylation is 1. The predicted molar refractivity (Wildman–Crippen MR) is 139 cm³/mol. The lowest BCUT2D eigenvalue weighted by atomic mass is 9.95. The zero-order valence-electron chi connectivity index (χ0n) is 19.1. The Bertz CT molecular complexity index is 839. The molecule has 0 amide bonds. The van der Waals surface area contributed by atoms with Gasteiger partial charge in [0.05, 0.1) is 17.5 Å². The van der Waals surface area contributed by atoms with Crippen LogP contribution in [0, 0.1) is 13.8 Å².